The number of nitrogens with zero attached hydrogens (tertiary/aromatic N) is 4. The summed E-state index contributed by atoms with van der Waals surface area (Å²) in [5.74, 6) is 0.300. The lowest BCUT2D eigenvalue weighted by Crippen LogP contribution is -2.49. The number of rotatable bonds is 4. The number of Topliss-reactive ketones (excluding diaryl/α,β-unsaturated/α-hetero) is 1. The lowest BCUT2D eigenvalue weighted by Gasteiger charge is -2.36. The zero-order valence-electron chi connectivity index (χ0n) is 16.8. The van der Waals surface area contributed by atoms with Crippen LogP contribution in [0, 0.1) is 12.7 Å². The molecule has 0 atom stereocenters. The first-order chi connectivity index (χ1) is 14.4. The minimum absolute atomic E-state index is 0.0738. The van der Waals surface area contributed by atoms with Gasteiger partial charge >= 0.3 is 0 Å². The van der Waals surface area contributed by atoms with Crippen LogP contribution < -0.4 is 4.90 Å². The van der Waals surface area contributed by atoms with Crippen molar-refractivity contribution in [3.63, 3.8) is 0 Å². The van der Waals surface area contributed by atoms with E-state index in [-0.39, 0.29) is 11.7 Å². The average Bonchev–Trinajstić information content (AvgIpc) is 3.20. The molecule has 30 heavy (non-hydrogen) atoms. The highest BCUT2D eigenvalue weighted by atomic mass is 19.1. The Morgan fingerprint density at radius 3 is 2.23 bits per heavy atom. The molecule has 2 heterocycles. The van der Waals surface area contributed by atoms with Crippen LogP contribution in [-0.2, 0) is 0 Å². The molecule has 1 aromatic heterocycles. The van der Waals surface area contributed by atoms with Crippen molar-refractivity contribution >= 4 is 17.4 Å². The van der Waals surface area contributed by atoms with Crippen molar-refractivity contribution in [3.8, 4) is 11.5 Å². The molecule has 0 unspecified atom stereocenters. The molecule has 4 rings (SSSR count). The molecule has 0 bridgehead atoms. The van der Waals surface area contributed by atoms with Gasteiger partial charge in [0.2, 0.25) is 0 Å². The number of ketones is 1. The van der Waals surface area contributed by atoms with Gasteiger partial charge in [-0.25, -0.2) is 4.39 Å². The quantitative estimate of drug-likeness (QED) is 0.616. The van der Waals surface area contributed by atoms with Crippen molar-refractivity contribution in [2.75, 3.05) is 31.1 Å². The van der Waals surface area contributed by atoms with E-state index in [4.69, 9.17) is 4.52 Å². The van der Waals surface area contributed by atoms with Crippen molar-refractivity contribution in [1.29, 1.82) is 0 Å². The van der Waals surface area contributed by atoms with E-state index >= 15 is 0 Å². The SMILES string of the molecule is CC(=O)c1ccc(N2CCN(C(=O)c3ccc(-c4nc(C)no4)cc3)CC2)c(F)c1. The monoisotopic (exact) mass is 408 g/mol. The molecule has 0 radical (unpaired) electrons. The number of anilines is 1. The van der Waals surface area contributed by atoms with Crippen LogP contribution in [-0.4, -0.2) is 52.9 Å². The second-order valence-electron chi connectivity index (χ2n) is 7.23. The summed E-state index contributed by atoms with van der Waals surface area (Å²) in [5.41, 5.74) is 2.12. The molecule has 0 N–H and O–H groups in total. The number of halogens is 1. The smallest absolute Gasteiger partial charge is 0.257 e. The Morgan fingerprint density at radius 1 is 1.00 bits per heavy atom. The molecule has 7 nitrogen and oxygen atoms in total. The van der Waals surface area contributed by atoms with E-state index in [2.05, 4.69) is 10.1 Å². The van der Waals surface area contributed by atoms with Gasteiger partial charge in [-0.05, 0) is 56.3 Å². The van der Waals surface area contributed by atoms with Gasteiger partial charge in [0.1, 0.15) is 5.82 Å². The van der Waals surface area contributed by atoms with Crippen LogP contribution in [0.15, 0.2) is 47.0 Å². The first-order valence-corrected chi connectivity index (χ1v) is 9.68. The molecule has 0 spiro atoms. The van der Waals surface area contributed by atoms with Crippen LogP contribution >= 0.6 is 0 Å². The number of piperazine rings is 1. The Labute approximate surface area is 173 Å². The fraction of sp³-hybridized carbons (Fsp3) is 0.273. The van der Waals surface area contributed by atoms with Crippen molar-refractivity contribution in [1.82, 2.24) is 15.0 Å². The van der Waals surface area contributed by atoms with Gasteiger partial charge in [-0.3, -0.25) is 9.59 Å². The van der Waals surface area contributed by atoms with E-state index < -0.39 is 5.82 Å². The summed E-state index contributed by atoms with van der Waals surface area (Å²) < 4.78 is 19.5. The summed E-state index contributed by atoms with van der Waals surface area (Å²) in [6, 6.07) is 11.6. The van der Waals surface area contributed by atoms with Crippen LogP contribution in [0.3, 0.4) is 0 Å². The maximum Gasteiger partial charge on any atom is 0.257 e. The summed E-state index contributed by atoms with van der Waals surface area (Å²) >= 11 is 0. The number of amides is 1. The average molecular weight is 408 g/mol. The van der Waals surface area contributed by atoms with Crippen LogP contribution in [0.4, 0.5) is 10.1 Å². The van der Waals surface area contributed by atoms with Gasteiger partial charge in [0.15, 0.2) is 11.6 Å². The second kappa shape index (κ2) is 8.06. The van der Waals surface area contributed by atoms with Gasteiger partial charge < -0.3 is 14.3 Å². The molecule has 8 heteroatoms. The molecule has 0 saturated carbocycles. The number of aryl methyl sites for hydroxylation is 1. The van der Waals surface area contributed by atoms with Crippen molar-refractivity contribution in [3.05, 3.63) is 65.2 Å². The minimum Gasteiger partial charge on any atom is -0.366 e. The molecule has 154 valence electrons. The fourth-order valence-electron chi connectivity index (χ4n) is 3.49. The Balaban J connectivity index is 1.40. The van der Waals surface area contributed by atoms with Crippen LogP contribution in [0.2, 0.25) is 0 Å². The third kappa shape index (κ3) is 3.94. The molecule has 1 saturated heterocycles. The molecular weight excluding hydrogens is 387 g/mol. The number of carbonyl (C=O) groups excluding carboxylic acids is 2. The van der Waals surface area contributed by atoms with Crippen molar-refractivity contribution < 1.29 is 18.5 Å². The predicted octanol–water partition coefficient (Wildman–Crippen LogP) is 3.35. The standard InChI is InChI=1S/C22H21FN4O3/c1-14(28)18-7-8-20(19(23)13-18)26-9-11-27(12-10-26)22(29)17-5-3-16(4-6-17)21-24-15(2)25-30-21/h3-8,13H,9-12H2,1-2H3. The lowest BCUT2D eigenvalue weighted by molar-refractivity contribution is 0.0746. The summed E-state index contributed by atoms with van der Waals surface area (Å²) in [4.78, 5) is 32.1. The molecular formula is C22H21FN4O3. The van der Waals surface area contributed by atoms with Crippen LogP contribution in [0.1, 0.15) is 33.5 Å². The number of hydrogen-bond acceptors (Lipinski definition) is 6. The van der Waals surface area contributed by atoms with Gasteiger partial charge in [-0.2, -0.15) is 4.98 Å². The van der Waals surface area contributed by atoms with E-state index in [1.165, 1.54) is 13.0 Å². The largest absolute Gasteiger partial charge is 0.366 e. The molecule has 1 fully saturated rings. The molecule has 1 aliphatic heterocycles. The Bertz CT molecular complexity index is 1090. The first kappa shape index (κ1) is 19.8. The molecule has 1 amide bonds. The van der Waals surface area contributed by atoms with Gasteiger partial charge in [0, 0.05) is 42.9 Å². The second-order valence-corrected chi connectivity index (χ2v) is 7.23. The predicted molar refractivity (Wildman–Crippen MR) is 109 cm³/mol. The van der Waals surface area contributed by atoms with Gasteiger partial charge in [0.25, 0.3) is 11.8 Å². The minimum atomic E-state index is -0.422. The third-order valence-electron chi connectivity index (χ3n) is 5.17. The summed E-state index contributed by atoms with van der Waals surface area (Å²) in [6.45, 7) is 5.15. The van der Waals surface area contributed by atoms with Crippen LogP contribution in [0.25, 0.3) is 11.5 Å². The fourth-order valence-corrected chi connectivity index (χ4v) is 3.49. The third-order valence-corrected chi connectivity index (χ3v) is 5.17. The Kier molecular flexibility index (Phi) is 5.31. The van der Waals surface area contributed by atoms with Crippen molar-refractivity contribution in [2.45, 2.75) is 13.8 Å². The van der Waals surface area contributed by atoms with E-state index in [0.717, 1.165) is 5.56 Å². The van der Waals surface area contributed by atoms with Crippen LogP contribution in [0.5, 0.6) is 0 Å². The number of benzene rings is 2. The van der Waals surface area contributed by atoms with E-state index in [0.29, 0.717) is 54.7 Å². The van der Waals surface area contributed by atoms with E-state index in [1.807, 2.05) is 4.90 Å². The highest BCUT2D eigenvalue weighted by molar-refractivity contribution is 5.95. The molecule has 1 aliphatic rings. The Morgan fingerprint density at radius 2 is 1.67 bits per heavy atom. The van der Waals surface area contributed by atoms with Gasteiger partial charge in [0.05, 0.1) is 5.69 Å². The maximum atomic E-state index is 14.4. The zero-order chi connectivity index (χ0) is 21.3. The molecule has 3 aromatic rings. The zero-order valence-corrected chi connectivity index (χ0v) is 16.8. The Hall–Kier alpha value is -3.55. The normalized spacial score (nSPS) is 14.1. The first-order valence-electron chi connectivity index (χ1n) is 9.68. The van der Waals surface area contributed by atoms with Gasteiger partial charge in [-0.1, -0.05) is 5.16 Å². The van der Waals surface area contributed by atoms with E-state index in [1.54, 1.807) is 48.2 Å². The summed E-state index contributed by atoms with van der Waals surface area (Å²) in [7, 11) is 0. The summed E-state index contributed by atoms with van der Waals surface area (Å²) in [5, 5.41) is 3.77. The number of aromatic nitrogens is 2. The van der Waals surface area contributed by atoms with Gasteiger partial charge in [-0.15, -0.1) is 0 Å². The molecule has 0 aliphatic carbocycles. The highest BCUT2D eigenvalue weighted by Crippen LogP contribution is 2.23. The lowest BCUT2D eigenvalue weighted by atomic mass is 10.1. The topological polar surface area (TPSA) is 79.5 Å². The maximum absolute atomic E-state index is 14.4. The number of hydrogen-bond donors (Lipinski definition) is 0. The number of carbonyl (C=O) groups is 2. The summed E-state index contributed by atoms with van der Waals surface area (Å²) in [6.07, 6.45) is 0. The van der Waals surface area contributed by atoms with Crippen molar-refractivity contribution in [2.24, 2.45) is 0 Å². The highest BCUT2D eigenvalue weighted by Gasteiger charge is 2.24. The van der Waals surface area contributed by atoms with E-state index in [9.17, 15) is 14.0 Å². The molecule has 2 aromatic carbocycles.